The van der Waals surface area contributed by atoms with Crippen LogP contribution in [-0.4, -0.2) is 50.3 Å². The Morgan fingerprint density at radius 1 is 1.07 bits per heavy atom. The lowest BCUT2D eigenvalue weighted by Gasteiger charge is -2.30. The SMILES string of the molecule is CC(C)(C)OC(=O)c1ccc2nc(CN3CCc4ccc(OCc5ccncc5)cc4C3)n(C[C@@H]3CCO3)c2c1. The van der Waals surface area contributed by atoms with Crippen LogP contribution in [0.3, 0.4) is 0 Å². The van der Waals surface area contributed by atoms with Crippen LogP contribution in [0.15, 0.2) is 60.9 Å². The number of pyridine rings is 1. The van der Waals surface area contributed by atoms with Gasteiger partial charge in [-0.15, -0.1) is 0 Å². The van der Waals surface area contributed by atoms with Gasteiger partial charge in [-0.05, 0) is 92.8 Å². The normalized spacial score (nSPS) is 17.3. The van der Waals surface area contributed by atoms with Gasteiger partial charge < -0.3 is 18.8 Å². The Hall–Kier alpha value is -3.75. The van der Waals surface area contributed by atoms with E-state index < -0.39 is 5.60 Å². The van der Waals surface area contributed by atoms with Crippen molar-refractivity contribution in [1.82, 2.24) is 19.4 Å². The van der Waals surface area contributed by atoms with E-state index >= 15 is 0 Å². The van der Waals surface area contributed by atoms with Gasteiger partial charge in [0.2, 0.25) is 0 Å². The fraction of sp³-hybridized carbons (Fsp3) is 0.406. The second-order valence-electron chi connectivity index (χ2n) is 11.7. The first-order chi connectivity index (χ1) is 19.3. The van der Waals surface area contributed by atoms with Crippen LogP contribution >= 0.6 is 0 Å². The van der Waals surface area contributed by atoms with Gasteiger partial charge in [0, 0.05) is 32.1 Å². The molecule has 8 nitrogen and oxygen atoms in total. The maximum Gasteiger partial charge on any atom is 0.338 e. The van der Waals surface area contributed by atoms with E-state index in [0.29, 0.717) is 18.7 Å². The third-order valence-electron chi connectivity index (χ3n) is 7.43. The highest BCUT2D eigenvalue weighted by Crippen LogP contribution is 2.28. The van der Waals surface area contributed by atoms with E-state index in [0.717, 1.165) is 67.3 Å². The molecule has 0 unspecified atom stereocenters. The summed E-state index contributed by atoms with van der Waals surface area (Å²) in [5, 5.41) is 0. The van der Waals surface area contributed by atoms with Gasteiger partial charge in [-0.2, -0.15) is 0 Å². The molecule has 1 saturated heterocycles. The minimum Gasteiger partial charge on any atom is -0.489 e. The van der Waals surface area contributed by atoms with Crippen molar-refractivity contribution < 1.29 is 19.0 Å². The average Bonchev–Trinajstić information content (AvgIpc) is 3.24. The first-order valence-electron chi connectivity index (χ1n) is 14.0. The van der Waals surface area contributed by atoms with Crippen LogP contribution in [0.2, 0.25) is 0 Å². The molecule has 2 aromatic carbocycles. The molecule has 8 heteroatoms. The topological polar surface area (TPSA) is 78.7 Å². The van der Waals surface area contributed by atoms with Crippen LogP contribution in [0.4, 0.5) is 0 Å². The molecule has 4 heterocycles. The minimum absolute atomic E-state index is 0.170. The van der Waals surface area contributed by atoms with Crippen molar-refractivity contribution in [2.45, 2.75) is 71.6 Å². The Morgan fingerprint density at radius 3 is 2.65 bits per heavy atom. The van der Waals surface area contributed by atoms with Gasteiger partial charge in [0.05, 0.1) is 35.8 Å². The molecule has 0 aliphatic carbocycles. The van der Waals surface area contributed by atoms with E-state index in [1.165, 1.54) is 11.1 Å². The first-order valence-corrected chi connectivity index (χ1v) is 14.0. The Morgan fingerprint density at radius 2 is 1.90 bits per heavy atom. The zero-order chi connectivity index (χ0) is 27.7. The van der Waals surface area contributed by atoms with E-state index in [2.05, 4.69) is 32.7 Å². The number of benzene rings is 2. The zero-order valence-corrected chi connectivity index (χ0v) is 23.4. The molecule has 1 fully saturated rings. The maximum absolute atomic E-state index is 12.8. The number of carbonyl (C=O) groups excluding carboxylic acids is 1. The molecule has 40 heavy (non-hydrogen) atoms. The summed E-state index contributed by atoms with van der Waals surface area (Å²) >= 11 is 0. The Kier molecular flexibility index (Phi) is 7.29. The van der Waals surface area contributed by atoms with Crippen molar-refractivity contribution in [2.24, 2.45) is 0 Å². The van der Waals surface area contributed by atoms with Crippen molar-refractivity contribution in [1.29, 1.82) is 0 Å². The van der Waals surface area contributed by atoms with E-state index in [9.17, 15) is 4.79 Å². The lowest BCUT2D eigenvalue weighted by molar-refractivity contribution is -0.0592. The number of carbonyl (C=O) groups is 1. The quantitative estimate of drug-likeness (QED) is 0.280. The van der Waals surface area contributed by atoms with Gasteiger partial charge in [-0.25, -0.2) is 9.78 Å². The molecule has 2 aliphatic heterocycles. The lowest BCUT2D eigenvalue weighted by Crippen LogP contribution is -2.34. The van der Waals surface area contributed by atoms with Crippen LogP contribution in [0.25, 0.3) is 11.0 Å². The molecule has 208 valence electrons. The van der Waals surface area contributed by atoms with E-state index in [1.807, 2.05) is 51.1 Å². The molecule has 0 spiro atoms. The highest BCUT2D eigenvalue weighted by Gasteiger charge is 2.25. The van der Waals surface area contributed by atoms with Crippen LogP contribution in [0.1, 0.15) is 60.1 Å². The van der Waals surface area contributed by atoms with Gasteiger partial charge in [-0.1, -0.05) is 6.07 Å². The van der Waals surface area contributed by atoms with Crippen molar-refractivity contribution in [3.8, 4) is 5.75 Å². The van der Waals surface area contributed by atoms with Crippen molar-refractivity contribution in [3.63, 3.8) is 0 Å². The summed E-state index contributed by atoms with van der Waals surface area (Å²) in [5.74, 6) is 1.54. The molecule has 2 aromatic heterocycles. The number of hydrogen-bond acceptors (Lipinski definition) is 7. The third kappa shape index (κ3) is 6.03. The summed E-state index contributed by atoms with van der Waals surface area (Å²) in [6.07, 6.45) is 5.75. The van der Waals surface area contributed by atoms with E-state index in [1.54, 1.807) is 12.4 Å². The second-order valence-corrected chi connectivity index (χ2v) is 11.7. The van der Waals surface area contributed by atoms with Crippen molar-refractivity contribution >= 4 is 17.0 Å². The molecular weight excluding hydrogens is 504 g/mol. The minimum atomic E-state index is -0.550. The predicted molar refractivity (Wildman–Crippen MR) is 152 cm³/mol. The van der Waals surface area contributed by atoms with Gasteiger partial charge in [0.15, 0.2) is 0 Å². The van der Waals surface area contributed by atoms with E-state index in [-0.39, 0.29) is 12.1 Å². The molecule has 2 aliphatic rings. The fourth-order valence-corrected chi connectivity index (χ4v) is 5.26. The molecule has 4 aromatic rings. The molecule has 0 radical (unpaired) electrons. The number of hydrogen-bond donors (Lipinski definition) is 0. The molecule has 1 atom stereocenters. The monoisotopic (exact) mass is 540 g/mol. The van der Waals surface area contributed by atoms with Crippen LogP contribution in [0.5, 0.6) is 5.75 Å². The standard InChI is InChI=1S/C32H36N4O4/c1-32(2,3)40-31(37)24-5-7-28-29(17-24)36(19-27-11-15-38-27)30(34-28)20-35-14-10-23-4-6-26(16-25(23)18-35)39-21-22-8-12-33-13-9-22/h4-9,12-13,16-17,27H,10-11,14-15,18-21H2,1-3H3/t27-/m0/s1. The van der Waals surface area contributed by atoms with Crippen molar-refractivity contribution in [3.05, 3.63) is 89.0 Å². The molecule has 0 bridgehead atoms. The molecule has 0 saturated carbocycles. The van der Waals surface area contributed by atoms with Crippen LogP contribution in [0, 0.1) is 0 Å². The summed E-state index contributed by atoms with van der Waals surface area (Å²) in [6, 6.07) is 16.0. The zero-order valence-electron chi connectivity index (χ0n) is 23.4. The number of imidazole rings is 1. The Labute approximate surface area is 234 Å². The molecular formula is C32H36N4O4. The second kappa shape index (κ2) is 11.0. The number of aromatic nitrogens is 3. The van der Waals surface area contributed by atoms with Gasteiger partial charge in [-0.3, -0.25) is 9.88 Å². The highest BCUT2D eigenvalue weighted by atomic mass is 16.6. The van der Waals surface area contributed by atoms with Crippen molar-refractivity contribution in [2.75, 3.05) is 13.2 Å². The number of rotatable bonds is 8. The molecule has 0 amide bonds. The number of nitrogens with zero attached hydrogens (tertiary/aromatic N) is 4. The maximum atomic E-state index is 12.8. The fourth-order valence-electron chi connectivity index (χ4n) is 5.26. The largest absolute Gasteiger partial charge is 0.489 e. The highest BCUT2D eigenvalue weighted by molar-refractivity contribution is 5.94. The van der Waals surface area contributed by atoms with Crippen LogP contribution < -0.4 is 4.74 Å². The summed E-state index contributed by atoms with van der Waals surface area (Å²) in [5.41, 5.74) is 5.56. The smallest absolute Gasteiger partial charge is 0.338 e. The average molecular weight is 541 g/mol. The number of ether oxygens (including phenoxy) is 3. The molecule has 6 rings (SSSR count). The Bertz CT molecular complexity index is 1500. The summed E-state index contributed by atoms with van der Waals surface area (Å²) in [4.78, 5) is 24.3. The Balaban J connectivity index is 1.21. The molecule has 0 N–H and O–H groups in total. The van der Waals surface area contributed by atoms with Gasteiger partial charge in [0.25, 0.3) is 0 Å². The van der Waals surface area contributed by atoms with Gasteiger partial charge in [0.1, 0.15) is 23.8 Å². The lowest BCUT2D eigenvalue weighted by atomic mass is 9.99. The first kappa shape index (κ1) is 26.5. The third-order valence-corrected chi connectivity index (χ3v) is 7.43. The number of esters is 1. The predicted octanol–water partition coefficient (Wildman–Crippen LogP) is 5.31. The van der Waals surface area contributed by atoms with Gasteiger partial charge >= 0.3 is 5.97 Å². The summed E-state index contributed by atoms with van der Waals surface area (Å²) in [7, 11) is 0. The number of fused-ring (bicyclic) bond motifs is 2. The summed E-state index contributed by atoms with van der Waals surface area (Å²) in [6.45, 7) is 10.2. The van der Waals surface area contributed by atoms with Crippen LogP contribution in [-0.2, 0) is 42.1 Å². The van der Waals surface area contributed by atoms with E-state index in [4.69, 9.17) is 19.2 Å². The summed E-state index contributed by atoms with van der Waals surface area (Å²) < 4.78 is 19.7.